The molecular formula is C3H5NO4. The highest BCUT2D eigenvalue weighted by atomic mass is 16.8. The van der Waals surface area contributed by atoms with Crippen molar-refractivity contribution in [1.82, 2.24) is 0 Å². The first kappa shape index (κ1) is 5.33. The van der Waals surface area contributed by atoms with Crippen LogP contribution >= 0.6 is 0 Å². The number of hydrogen-bond acceptors (Lipinski definition) is 4. The highest BCUT2D eigenvalue weighted by molar-refractivity contribution is 5.64. The van der Waals surface area contributed by atoms with Crippen LogP contribution in [0.4, 0.5) is 4.79 Å². The molecule has 0 saturated carbocycles. The lowest BCUT2D eigenvalue weighted by Crippen LogP contribution is -2.15. The third-order valence-electron chi connectivity index (χ3n) is 0.662. The Kier molecular flexibility index (Phi) is 1.07. The summed E-state index contributed by atoms with van der Waals surface area (Å²) in [5.41, 5.74) is 4.54. The first-order chi connectivity index (χ1) is 3.70. The van der Waals surface area contributed by atoms with Gasteiger partial charge in [0.15, 0.2) is 0 Å². The van der Waals surface area contributed by atoms with Crippen molar-refractivity contribution < 1.29 is 19.4 Å². The van der Waals surface area contributed by atoms with Crippen LogP contribution in [0.2, 0.25) is 0 Å². The quantitative estimate of drug-likeness (QED) is 0.422. The van der Waals surface area contributed by atoms with E-state index in [1.165, 1.54) is 0 Å². The molecule has 1 amide bonds. The minimum Gasteiger partial charge on any atom is -0.414 e. The molecule has 0 aromatic heterocycles. The zero-order chi connectivity index (χ0) is 6.15. The Morgan fingerprint density at radius 1 is 1.88 bits per heavy atom. The number of carbonyl (C=O) groups excluding carboxylic acids is 1. The maximum atomic E-state index is 9.80. The molecule has 46 valence electrons. The minimum atomic E-state index is -0.970. The average Bonchev–Trinajstić information content (AvgIpc) is 2.17. The van der Waals surface area contributed by atoms with Gasteiger partial charge in [-0.15, -0.1) is 0 Å². The van der Waals surface area contributed by atoms with E-state index in [9.17, 15) is 4.79 Å². The molecule has 0 radical (unpaired) electrons. The summed E-state index contributed by atoms with van der Waals surface area (Å²) in [4.78, 5) is 9.80. The number of ether oxygens (including phenoxy) is 2. The van der Waals surface area contributed by atoms with Crippen LogP contribution in [-0.2, 0) is 9.47 Å². The van der Waals surface area contributed by atoms with Crippen molar-refractivity contribution in [3.05, 3.63) is 0 Å². The largest absolute Gasteiger partial charge is 0.414 e. The van der Waals surface area contributed by atoms with Gasteiger partial charge < -0.3 is 20.3 Å². The fraction of sp³-hybridized carbons (Fsp3) is 0.667. The maximum Gasteiger partial charge on any atom is 0.407 e. The fourth-order valence-corrected chi connectivity index (χ4v) is 0.293. The number of nitrogens with two attached hydrogens (primary N) is 1. The molecule has 0 spiro atoms. The smallest absolute Gasteiger partial charge is 0.407 e. The van der Waals surface area contributed by atoms with E-state index in [0.717, 1.165) is 0 Å². The van der Waals surface area contributed by atoms with E-state index in [1.54, 1.807) is 0 Å². The number of primary amides is 1. The zero-order valence-corrected chi connectivity index (χ0v) is 3.90. The molecule has 2 atom stereocenters. The van der Waals surface area contributed by atoms with Crippen LogP contribution in [0.25, 0.3) is 0 Å². The first-order valence-electron chi connectivity index (χ1n) is 2.00. The third kappa shape index (κ3) is 1.08. The second-order valence-corrected chi connectivity index (χ2v) is 1.33. The van der Waals surface area contributed by atoms with Crippen LogP contribution in [0.15, 0.2) is 0 Å². The van der Waals surface area contributed by atoms with Gasteiger partial charge in [-0.05, 0) is 0 Å². The van der Waals surface area contributed by atoms with E-state index >= 15 is 0 Å². The van der Waals surface area contributed by atoms with E-state index in [4.69, 9.17) is 5.11 Å². The molecule has 2 unspecified atom stereocenters. The number of hydrogen-bond donors (Lipinski definition) is 2. The van der Waals surface area contributed by atoms with Gasteiger partial charge in [-0.25, -0.2) is 4.79 Å². The molecule has 5 heteroatoms. The molecule has 5 nitrogen and oxygen atoms in total. The van der Waals surface area contributed by atoms with Crippen molar-refractivity contribution in [3.8, 4) is 0 Å². The molecule has 1 rings (SSSR count). The van der Waals surface area contributed by atoms with Gasteiger partial charge in [-0.1, -0.05) is 0 Å². The third-order valence-corrected chi connectivity index (χ3v) is 0.662. The van der Waals surface area contributed by atoms with E-state index < -0.39 is 18.7 Å². The second kappa shape index (κ2) is 1.61. The Morgan fingerprint density at radius 3 is 2.50 bits per heavy atom. The van der Waals surface area contributed by atoms with Crippen molar-refractivity contribution in [2.75, 3.05) is 0 Å². The Balaban J connectivity index is 2.14. The van der Waals surface area contributed by atoms with Crippen molar-refractivity contribution in [2.45, 2.75) is 12.6 Å². The summed E-state index contributed by atoms with van der Waals surface area (Å²) < 4.78 is 8.40. The molecule has 0 bridgehead atoms. The molecule has 1 saturated heterocycles. The number of aliphatic hydroxyl groups is 1. The Bertz CT molecular complexity index is 114. The SMILES string of the molecule is NC(=O)OC1OC1O. The van der Waals surface area contributed by atoms with Crippen LogP contribution in [0.3, 0.4) is 0 Å². The Labute approximate surface area is 45.0 Å². The lowest BCUT2D eigenvalue weighted by atomic mass is 10.8. The molecule has 1 aliphatic heterocycles. The lowest BCUT2D eigenvalue weighted by Gasteiger charge is -1.89. The molecule has 1 aliphatic rings. The van der Waals surface area contributed by atoms with Gasteiger partial charge in [-0.2, -0.15) is 0 Å². The zero-order valence-electron chi connectivity index (χ0n) is 3.90. The van der Waals surface area contributed by atoms with E-state index in [1.807, 2.05) is 0 Å². The standard InChI is InChI=1S/C3H5NO4/c4-3(6)8-2-1(5)7-2/h1-2,5H,(H2,4,6). The summed E-state index contributed by atoms with van der Waals surface area (Å²) in [6.45, 7) is 0. The second-order valence-electron chi connectivity index (χ2n) is 1.33. The van der Waals surface area contributed by atoms with Crippen LogP contribution in [-0.4, -0.2) is 23.8 Å². The predicted octanol–water partition coefficient (Wildman–Crippen LogP) is -1.24. The predicted molar refractivity (Wildman–Crippen MR) is 21.5 cm³/mol. The molecule has 1 fully saturated rings. The number of carbonyl (C=O) groups is 1. The fourth-order valence-electron chi connectivity index (χ4n) is 0.293. The molecule has 0 aliphatic carbocycles. The van der Waals surface area contributed by atoms with Gasteiger partial charge >= 0.3 is 6.09 Å². The van der Waals surface area contributed by atoms with Gasteiger partial charge in [0.25, 0.3) is 6.29 Å². The summed E-state index contributed by atoms with van der Waals surface area (Å²) in [7, 11) is 0. The maximum absolute atomic E-state index is 9.80. The van der Waals surface area contributed by atoms with Gasteiger partial charge in [0.1, 0.15) is 0 Å². The highest BCUT2D eigenvalue weighted by Crippen LogP contribution is 2.18. The number of aliphatic hydroxyl groups excluding tert-OH is 1. The summed E-state index contributed by atoms with van der Waals surface area (Å²) in [5, 5.41) is 8.32. The van der Waals surface area contributed by atoms with Gasteiger partial charge in [-0.3, -0.25) is 0 Å². The lowest BCUT2D eigenvalue weighted by molar-refractivity contribution is 0.100. The normalized spacial score (nSPS) is 34.1. The molecule has 1 heterocycles. The number of rotatable bonds is 1. The van der Waals surface area contributed by atoms with Gasteiger partial charge in [0, 0.05) is 0 Å². The van der Waals surface area contributed by atoms with Crippen LogP contribution in [0, 0.1) is 0 Å². The van der Waals surface area contributed by atoms with Crippen LogP contribution in [0.1, 0.15) is 0 Å². The van der Waals surface area contributed by atoms with E-state index in [-0.39, 0.29) is 0 Å². The number of epoxide rings is 1. The van der Waals surface area contributed by atoms with Crippen molar-refractivity contribution in [3.63, 3.8) is 0 Å². The minimum absolute atomic E-state index is 0.826. The molecule has 0 aromatic rings. The monoisotopic (exact) mass is 119 g/mol. The first-order valence-corrected chi connectivity index (χ1v) is 2.00. The summed E-state index contributed by atoms with van der Waals surface area (Å²) >= 11 is 0. The highest BCUT2D eigenvalue weighted by Gasteiger charge is 2.40. The Morgan fingerprint density at radius 2 is 2.38 bits per heavy atom. The number of amides is 1. The van der Waals surface area contributed by atoms with E-state index in [2.05, 4.69) is 15.2 Å². The molecule has 8 heavy (non-hydrogen) atoms. The van der Waals surface area contributed by atoms with Crippen LogP contribution < -0.4 is 5.73 Å². The average molecular weight is 119 g/mol. The molecule has 3 N–H and O–H groups in total. The van der Waals surface area contributed by atoms with Crippen molar-refractivity contribution in [1.29, 1.82) is 0 Å². The molecular weight excluding hydrogens is 114 g/mol. The molecule has 0 aromatic carbocycles. The van der Waals surface area contributed by atoms with E-state index in [0.29, 0.717) is 0 Å². The summed E-state index contributed by atoms with van der Waals surface area (Å²) in [6.07, 6.45) is -2.73. The Hall–Kier alpha value is -0.810. The summed E-state index contributed by atoms with van der Waals surface area (Å²) in [6, 6.07) is 0. The van der Waals surface area contributed by atoms with Crippen LogP contribution in [0.5, 0.6) is 0 Å². The van der Waals surface area contributed by atoms with Crippen molar-refractivity contribution in [2.24, 2.45) is 5.73 Å². The topological polar surface area (TPSA) is 85.1 Å². The van der Waals surface area contributed by atoms with Gasteiger partial charge in [0.05, 0.1) is 0 Å². The summed E-state index contributed by atoms with van der Waals surface area (Å²) in [5.74, 6) is 0. The van der Waals surface area contributed by atoms with Gasteiger partial charge in [0.2, 0.25) is 6.29 Å². The van der Waals surface area contributed by atoms with Crippen molar-refractivity contribution >= 4 is 6.09 Å².